The number of carbonyl (C=O) groups excluding carboxylic acids is 1. The van der Waals surface area contributed by atoms with Crippen LogP contribution in [0.1, 0.15) is 49.4 Å². The minimum Gasteiger partial charge on any atom is -0.454 e. The van der Waals surface area contributed by atoms with Crippen molar-refractivity contribution in [2.75, 3.05) is 19.1 Å². The predicted octanol–water partition coefficient (Wildman–Crippen LogP) is 4.58. The monoisotopic (exact) mass is 445 g/mol. The fourth-order valence-electron chi connectivity index (χ4n) is 4.19. The molecular weight excluding hydrogens is 418 g/mol. The molecule has 0 saturated heterocycles. The Kier molecular flexibility index (Phi) is 5.73. The third-order valence-corrected chi connectivity index (χ3v) is 5.91. The number of fused-ring (bicyclic) bond motifs is 3. The molecule has 3 heterocycles. The number of benzene rings is 2. The topological polar surface area (TPSA) is 104 Å². The highest BCUT2D eigenvalue weighted by Crippen LogP contribution is 2.37. The minimum absolute atomic E-state index is 0.178. The van der Waals surface area contributed by atoms with E-state index in [1.165, 1.54) is 19.3 Å². The molecule has 3 N–H and O–H groups in total. The van der Waals surface area contributed by atoms with E-state index >= 15 is 0 Å². The van der Waals surface area contributed by atoms with Gasteiger partial charge >= 0.3 is 0 Å². The second-order valence-electron chi connectivity index (χ2n) is 8.19. The van der Waals surface area contributed by atoms with E-state index < -0.39 is 0 Å². The Hall–Kier alpha value is -3.81. The normalized spacial score (nSPS) is 12.5. The van der Waals surface area contributed by atoms with Crippen LogP contribution in [0.25, 0.3) is 27.9 Å². The third-order valence-electron chi connectivity index (χ3n) is 5.91. The number of hydrogen-bond donors (Lipinski definition) is 2. The molecule has 2 aromatic heterocycles. The number of aromatic nitrogens is 3. The van der Waals surface area contributed by atoms with Crippen molar-refractivity contribution < 1.29 is 14.3 Å². The molecule has 0 atom stereocenters. The van der Waals surface area contributed by atoms with Crippen LogP contribution >= 0.6 is 0 Å². The highest BCUT2D eigenvalue weighted by molar-refractivity contribution is 6.11. The van der Waals surface area contributed by atoms with Crippen LogP contribution in [0.15, 0.2) is 42.5 Å². The molecule has 0 saturated carbocycles. The molecule has 33 heavy (non-hydrogen) atoms. The summed E-state index contributed by atoms with van der Waals surface area (Å²) in [7, 11) is 0. The maximum Gasteiger partial charge on any atom is 0.257 e. The number of para-hydroxylation sites is 2. The Labute approximate surface area is 191 Å². The van der Waals surface area contributed by atoms with Crippen LogP contribution in [-0.2, 0) is 0 Å². The summed E-state index contributed by atoms with van der Waals surface area (Å²) < 4.78 is 12.7. The van der Waals surface area contributed by atoms with Crippen LogP contribution < -0.4 is 20.5 Å². The largest absolute Gasteiger partial charge is 0.454 e. The molecule has 2 aromatic carbocycles. The number of nitrogen functional groups attached to an aromatic ring is 1. The van der Waals surface area contributed by atoms with Gasteiger partial charge in [-0.3, -0.25) is 9.36 Å². The average molecular weight is 446 g/mol. The van der Waals surface area contributed by atoms with Gasteiger partial charge in [0.05, 0.1) is 16.7 Å². The Morgan fingerprint density at radius 3 is 2.61 bits per heavy atom. The van der Waals surface area contributed by atoms with Crippen molar-refractivity contribution in [1.82, 2.24) is 19.9 Å². The van der Waals surface area contributed by atoms with Gasteiger partial charge in [-0.1, -0.05) is 44.7 Å². The van der Waals surface area contributed by atoms with Crippen molar-refractivity contribution >= 4 is 33.9 Å². The van der Waals surface area contributed by atoms with Gasteiger partial charge in [0.15, 0.2) is 17.1 Å². The number of unbranched alkanes of at least 4 members (excludes halogenated alkanes) is 4. The molecule has 0 bridgehead atoms. The molecule has 0 fully saturated rings. The van der Waals surface area contributed by atoms with Crippen molar-refractivity contribution in [2.45, 2.75) is 39.0 Å². The van der Waals surface area contributed by atoms with Crippen molar-refractivity contribution in [1.29, 1.82) is 0 Å². The van der Waals surface area contributed by atoms with Crippen molar-refractivity contribution in [2.24, 2.45) is 0 Å². The SMILES string of the molecule is CCCCCCCNC(=O)c1c(N)n(-c2ccc3c(c2)OCO3)c2nc3ccccc3nc12. The highest BCUT2D eigenvalue weighted by atomic mass is 16.7. The van der Waals surface area contributed by atoms with Crippen LogP contribution in [0.2, 0.25) is 0 Å². The molecule has 1 amide bonds. The number of hydrogen-bond acceptors (Lipinski definition) is 6. The van der Waals surface area contributed by atoms with Gasteiger partial charge < -0.3 is 20.5 Å². The zero-order chi connectivity index (χ0) is 22.8. The molecule has 1 aliphatic rings. The lowest BCUT2D eigenvalue weighted by Gasteiger charge is -2.09. The number of rotatable bonds is 8. The van der Waals surface area contributed by atoms with E-state index in [0.29, 0.717) is 46.1 Å². The number of nitrogens with two attached hydrogens (primary N) is 1. The fourth-order valence-corrected chi connectivity index (χ4v) is 4.19. The van der Waals surface area contributed by atoms with E-state index in [4.69, 9.17) is 25.2 Å². The molecule has 8 nitrogen and oxygen atoms in total. The molecule has 8 heteroatoms. The molecule has 170 valence electrons. The summed E-state index contributed by atoms with van der Waals surface area (Å²) in [6, 6.07) is 13.1. The Morgan fingerprint density at radius 1 is 1.03 bits per heavy atom. The number of nitrogens with one attached hydrogen (secondary N) is 1. The minimum atomic E-state index is -0.239. The van der Waals surface area contributed by atoms with Crippen LogP contribution in [-0.4, -0.2) is 33.8 Å². The zero-order valence-electron chi connectivity index (χ0n) is 18.6. The quantitative estimate of drug-likeness (QED) is 0.385. The summed E-state index contributed by atoms with van der Waals surface area (Å²) in [4.78, 5) is 22.8. The second kappa shape index (κ2) is 8.97. The average Bonchev–Trinajstić information content (AvgIpc) is 3.40. The summed E-state index contributed by atoms with van der Waals surface area (Å²) in [5.41, 5.74) is 10.1. The zero-order valence-corrected chi connectivity index (χ0v) is 18.6. The first kappa shape index (κ1) is 21.1. The molecule has 4 aromatic rings. The number of amides is 1. The molecular formula is C25H27N5O3. The summed E-state index contributed by atoms with van der Waals surface area (Å²) in [5, 5.41) is 3.02. The summed E-state index contributed by atoms with van der Waals surface area (Å²) in [6.45, 7) is 2.96. The van der Waals surface area contributed by atoms with Crippen LogP contribution in [0, 0.1) is 0 Å². The lowest BCUT2D eigenvalue weighted by atomic mass is 10.1. The van der Waals surface area contributed by atoms with Gasteiger partial charge in [0, 0.05) is 12.6 Å². The standard InChI is InChI=1S/C25H27N5O3/c1-2-3-4-5-8-13-27-25(31)21-22-24(29-18-10-7-6-9-17(18)28-22)30(23(21)26)16-11-12-19-20(14-16)33-15-32-19/h6-7,9-12,14H,2-5,8,13,15,26H2,1H3,(H,27,31). The van der Waals surface area contributed by atoms with Gasteiger partial charge in [-0.05, 0) is 30.7 Å². The summed E-state index contributed by atoms with van der Waals surface area (Å²) in [5.74, 6) is 1.35. The summed E-state index contributed by atoms with van der Waals surface area (Å²) in [6.07, 6.45) is 5.60. The maximum absolute atomic E-state index is 13.2. The van der Waals surface area contributed by atoms with Crippen LogP contribution in [0.3, 0.4) is 0 Å². The van der Waals surface area contributed by atoms with Crippen molar-refractivity contribution in [3.63, 3.8) is 0 Å². The van der Waals surface area contributed by atoms with Crippen LogP contribution in [0.5, 0.6) is 11.5 Å². The Balaban J connectivity index is 1.56. The van der Waals surface area contributed by atoms with Gasteiger partial charge in [0.25, 0.3) is 5.91 Å². The first-order valence-corrected chi connectivity index (χ1v) is 11.4. The number of anilines is 1. The second-order valence-corrected chi connectivity index (χ2v) is 8.19. The van der Waals surface area contributed by atoms with E-state index in [1.54, 1.807) is 4.57 Å². The lowest BCUT2D eigenvalue weighted by Crippen LogP contribution is -2.25. The number of nitrogens with zero attached hydrogens (tertiary/aromatic N) is 3. The van der Waals surface area contributed by atoms with Crippen molar-refractivity contribution in [3.05, 3.63) is 48.0 Å². The molecule has 0 radical (unpaired) electrons. The fraction of sp³-hybridized carbons (Fsp3) is 0.320. The van der Waals surface area contributed by atoms with E-state index in [2.05, 4.69) is 12.2 Å². The third kappa shape index (κ3) is 3.92. The summed E-state index contributed by atoms with van der Waals surface area (Å²) >= 11 is 0. The van der Waals surface area contributed by atoms with Gasteiger partial charge in [0.1, 0.15) is 16.9 Å². The van der Waals surface area contributed by atoms with Crippen LogP contribution in [0.4, 0.5) is 5.82 Å². The number of ether oxygens (including phenoxy) is 2. The first-order chi connectivity index (χ1) is 16.2. The molecule has 5 rings (SSSR count). The van der Waals surface area contributed by atoms with E-state index in [9.17, 15) is 4.79 Å². The van der Waals surface area contributed by atoms with Gasteiger partial charge in [0.2, 0.25) is 6.79 Å². The number of carbonyl (C=O) groups is 1. The van der Waals surface area contributed by atoms with E-state index in [0.717, 1.165) is 24.0 Å². The Morgan fingerprint density at radius 2 is 1.79 bits per heavy atom. The first-order valence-electron chi connectivity index (χ1n) is 11.4. The molecule has 0 aliphatic carbocycles. The van der Waals surface area contributed by atoms with E-state index in [1.807, 2.05) is 42.5 Å². The lowest BCUT2D eigenvalue weighted by molar-refractivity contribution is 0.0955. The molecule has 0 unspecified atom stereocenters. The predicted molar refractivity (Wildman–Crippen MR) is 128 cm³/mol. The smallest absolute Gasteiger partial charge is 0.257 e. The molecule has 0 spiro atoms. The van der Waals surface area contributed by atoms with Gasteiger partial charge in [-0.2, -0.15) is 0 Å². The maximum atomic E-state index is 13.2. The molecule has 1 aliphatic heterocycles. The van der Waals surface area contributed by atoms with Crippen molar-refractivity contribution in [3.8, 4) is 17.2 Å². The highest BCUT2D eigenvalue weighted by Gasteiger charge is 2.25. The van der Waals surface area contributed by atoms with Gasteiger partial charge in [-0.15, -0.1) is 0 Å². The van der Waals surface area contributed by atoms with Gasteiger partial charge in [-0.25, -0.2) is 9.97 Å². The Bertz CT molecular complexity index is 1330. The van der Waals surface area contributed by atoms with E-state index in [-0.39, 0.29) is 12.7 Å².